The summed E-state index contributed by atoms with van der Waals surface area (Å²) < 4.78 is 11.5. The van der Waals surface area contributed by atoms with Crippen LogP contribution in [0.3, 0.4) is 0 Å². The first kappa shape index (κ1) is 18.7. The number of ether oxygens (including phenoxy) is 2. The average Bonchev–Trinajstić information content (AvgIpc) is 2.81. The molecular weight excluding hydrogens is 304 g/mol. The van der Waals surface area contributed by atoms with Crippen molar-refractivity contribution in [2.45, 2.75) is 59.2 Å². The van der Waals surface area contributed by atoms with Crippen LogP contribution in [0.2, 0.25) is 0 Å². The van der Waals surface area contributed by atoms with E-state index < -0.39 is 24.1 Å². The number of allylic oxidation sites excluding steroid dienone is 2. The molecule has 1 unspecified atom stereocenters. The minimum absolute atomic E-state index is 0.0688. The van der Waals surface area contributed by atoms with Crippen LogP contribution in [-0.4, -0.2) is 30.6 Å². The first-order valence-corrected chi connectivity index (χ1v) is 8.74. The van der Waals surface area contributed by atoms with E-state index in [1.807, 2.05) is 26.0 Å². The summed E-state index contributed by atoms with van der Waals surface area (Å²) in [6.07, 6.45) is 5.32. The van der Waals surface area contributed by atoms with Crippen molar-refractivity contribution in [3.63, 3.8) is 0 Å². The highest BCUT2D eigenvalue weighted by molar-refractivity contribution is 6.01. The van der Waals surface area contributed by atoms with Gasteiger partial charge in [-0.25, -0.2) is 4.79 Å². The fourth-order valence-electron chi connectivity index (χ4n) is 3.03. The minimum atomic E-state index is -0.721. The summed E-state index contributed by atoms with van der Waals surface area (Å²) in [7, 11) is 0. The van der Waals surface area contributed by atoms with Crippen molar-refractivity contribution in [1.29, 1.82) is 0 Å². The van der Waals surface area contributed by atoms with Crippen LogP contribution in [0.15, 0.2) is 35.5 Å². The second-order valence-corrected chi connectivity index (χ2v) is 6.99. The molecule has 1 heterocycles. The molecule has 0 saturated carbocycles. The molecule has 0 radical (unpaired) electrons. The monoisotopic (exact) mass is 332 g/mol. The van der Waals surface area contributed by atoms with E-state index in [2.05, 4.69) is 20.4 Å². The first-order chi connectivity index (χ1) is 11.3. The third-order valence-corrected chi connectivity index (χ3v) is 4.93. The molecule has 2 rings (SSSR count). The molecule has 24 heavy (non-hydrogen) atoms. The van der Waals surface area contributed by atoms with Gasteiger partial charge in [-0.2, -0.15) is 0 Å². The van der Waals surface area contributed by atoms with Crippen molar-refractivity contribution in [3.05, 3.63) is 35.5 Å². The molecule has 0 amide bonds. The number of rotatable bonds is 4. The van der Waals surface area contributed by atoms with E-state index in [-0.39, 0.29) is 5.78 Å². The summed E-state index contributed by atoms with van der Waals surface area (Å²) in [5.74, 6) is -0.606. The van der Waals surface area contributed by atoms with Crippen LogP contribution < -0.4 is 0 Å². The first-order valence-electron chi connectivity index (χ1n) is 8.74. The fraction of sp³-hybridized carbons (Fsp3) is 0.600. The van der Waals surface area contributed by atoms with Crippen molar-refractivity contribution < 1.29 is 19.1 Å². The maximum absolute atomic E-state index is 12.9. The zero-order valence-electron chi connectivity index (χ0n) is 15.1. The normalized spacial score (nSPS) is 33.8. The smallest absolute Gasteiger partial charge is 0.334 e. The molecule has 0 bridgehead atoms. The van der Waals surface area contributed by atoms with E-state index in [9.17, 15) is 9.59 Å². The van der Waals surface area contributed by atoms with Crippen LogP contribution in [0, 0.1) is 11.8 Å². The number of esters is 1. The summed E-state index contributed by atoms with van der Waals surface area (Å²) in [6, 6.07) is 0. The Hall–Kier alpha value is -1.68. The van der Waals surface area contributed by atoms with Crippen molar-refractivity contribution in [2.24, 2.45) is 11.8 Å². The van der Waals surface area contributed by atoms with Crippen molar-refractivity contribution in [2.75, 3.05) is 6.61 Å². The van der Waals surface area contributed by atoms with Crippen LogP contribution in [0.25, 0.3) is 0 Å². The highest BCUT2D eigenvalue weighted by Crippen LogP contribution is 2.35. The van der Waals surface area contributed by atoms with Gasteiger partial charge in [-0.1, -0.05) is 38.5 Å². The Morgan fingerprint density at radius 1 is 1.38 bits per heavy atom. The van der Waals surface area contributed by atoms with Crippen LogP contribution in [0.5, 0.6) is 0 Å². The molecule has 2 aliphatic rings. The predicted molar refractivity (Wildman–Crippen MR) is 93.5 cm³/mol. The van der Waals surface area contributed by atoms with Crippen LogP contribution >= 0.6 is 0 Å². The van der Waals surface area contributed by atoms with Gasteiger partial charge in [0.05, 0.1) is 12.5 Å². The van der Waals surface area contributed by atoms with Crippen molar-refractivity contribution in [1.82, 2.24) is 0 Å². The molecular formula is C20H28O4. The summed E-state index contributed by atoms with van der Waals surface area (Å²) in [5, 5.41) is 0. The van der Waals surface area contributed by atoms with Crippen molar-refractivity contribution >= 4 is 11.8 Å². The SMILES string of the molecule is C=C1C(=O)O[C@H]2/C=C(\C)CC/C=C(/C)C(=O)[C@H](OCC(C)CC)[C@@H]12. The number of ketones is 1. The Morgan fingerprint density at radius 2 is 2.08 bits per heavy atom. The number of hydrogen-bond donors (Lipinski definition) is 0. The molecule has 4 heteroatoms. The molecule has 1 aliphatic carbocycles. The number of carbonyl (C=O) groups is 2. The molecule has 1 saturated heterocycles. The molecule has 4 atom stereocenters. The van der Waals surface area contributed by atoms with E-state index in [1.54, 1.807) is 0 Å². The molecule has 132 valence electrons. The van der Waals surface area contributed by atoms with E-state index in [1.165, 1.54) is 0 Å². The van der Waals surface area contributed by atoms with E-state index >= 15 is 0 Å². The Balaban J connectivity index is 2.38. The Morgan fingerprint density at radius 3 is 2.75 bits per heavy atom. The molecule has 0 N–H and O–H groups in total. The molecule has 0 aromatic rings. The van der Waals surface area contributed by atoms with Crippen molar-refractivity contribution in [3.8, 4) is 0 Å². The number of hydrogen-bond acceptors (Lipinski definition) is 4. The lowest BCUT2D eigenvalue weighted by Gasteiger charge is -2.27. The predicted octanol–water partition coefficient (Wildman–Crippen LogP) is 3.77. The highest BCUT2D eigenvalue weighted by Gasteiger charge is 2.46. The zero-order chi connectivity index (χ0) is 17.9. The lowest BCUT2D eigenvalue weighted by Crippen LogP contribution is -2.39. The number of carbonyl (C=O) groups excluding carboxylic acids is 2. The Labute approximate surface area is 144 Å². The van der Waals surface area contributed by atoms with E-state index in [4.69, 9.17) is 9.47 Å². The summed E-state index contributed by atoms with van der Waals surface area (Å²) in [4.78, 5) is 25.0. The lowest BCUT2D eigenvalue weighted by molar-refractivity contribution is -0.139. The standard InChI is InChI=1S/C20H28O4/c1-6-12(2)11-23-19-17-15(5)20(22)24-16(17)10-13(3)8-7-9-14(4)18(19)21/h9-10,12,16-17,19H,5-8,11H2,1-4H3/b13-10+,14-9-/t12?,16-,17-,19+/m0/s1. The molecule has 0 spiro atoms. The van der Waals surface area contributed by atoms with Gasteiger partial charge in [-0.15, -0.1) is 0 Å². The molecule has 0 aromatic heterocycles. The summed E-state index contributed by atoms with van der Waals surface area (Å²) in [5.41, 5.74) is 2.16. The van der Waals surface area contributed by atoms with Gasteiger partial charge in [0, 0.05) is 5.57 Å². The lowest BCUT2D eigenvalue weighted by atomic mass is 9.84. The van der Waals surface area contributed by atoms with E-state index in [0.717, 1.165) is 24.8 Å². The molecule has 0 aromatic carbocycles. The van der Waals surface area contributed by atoms with E-state index in [0.29, 0.717) is 23.7 Å². The van der Waals surface area contributed by atoms with Gasteiger partial charge in [0.2, 0.25) is 0 Å². The minimum Gasteiger partial charge on any atom is -0.454 e. The Bertz CT molecular complexity index is 584. The van der Waals surface area contributed by atoms with Gasteiger partial charge in [0.1, 0.15) is 12.2 Å². The van der Waals surface area contributed by atoms with Crippen LogP contribution in [0.4, 0.5) is 0 Å². The number of Topliss-reactive ketones (excluding diaryl/α,β-unsaturated/α-hetero) is 1. The maximum Gasteiger partial charge on any atom is 0.334 e. The van der Waals surface area contributed by atoms with Crippen LogP contribution in [-0.2, 0) is 19.1 Å². The third kappa shape index (κ3) is 4.04. The molecule has 4 nitrogen and oxygen atoms in total. The van der Waals surface area contributed by atoms with Gasteiger partial charge in [-0.05, 0) is 44.3 Å². The molecule has 1 aliphatic heterocycles. The quantitative estimate of drug-likeness (QED) is 0.447. The summed E-state index contributed by atoms with van der Waals surface area (Å²) in [6.45, 7) is 12.4. The highest BCUT2D eigenvalue weighted by atomic mass is 16.6. The third-order valence-electron chi connectivity index (χ3n) is 4.93. The second kappa shape index (κ2) is 7.93. The topological polar surface area (TPSA) is 52.6 Å². The van der Waals surface area contributed by atoms with Gasteiger partial charge < -0.3 is 9.47 Å². The second-order valence-electron chi connectivity index (χ2n) is 6.99. The Kier molecular flexibility index (Phi) is 6.16. The van der Waals surface area contributed by atoms with Gasteiger partial charge in [0.15, 0.2) is 5.78 Å². The van der Waals surface area contributed by atoms with Gasteiger partial charge in [0.25, 0.3) is 0 Å². The van der Waals surface area contributed by atoms with Gasteiger partial charge in [-0.3, -0.25) is 4.79 Å². The van der Waals surface area contributed by atoms with Gasteiger partial charge >= 0.3 is 5.97 Å². The summed E-state index contributed by atoms with van der Waals surface area (Å²) >= 11 is 0. The molecule has 1 fully saturated rings. The fourth-order valence-corrected chi connectivity index (χ4v) is 3.03. The number of fused-ring (bicyclic) bond motifs is 1. The maximum atomic E-state index is 12.9. The van der Waals surface area contributed by atoms with Crippen LogP contribution in [0.1, 0.15) is 47.0 Å². The largest absolute Gasteiger partial charge is 0.454 e. The zero-order valence-corrected chi connectivity index (χ0v) is 15.1. The average molecular weight is 332 g/mol.